The zero-order chi connectivity index (χ0) is 13.0. The molecule has 0 heterocycles. The summed E-state index contributed by atoms with van der Waals surface area (Å²) in [6, 6.07) is 7.25. The van der Waals surface area contributed by atoms with Gasteiger partial charge in [-0.2, -0.15) is 0 Å². The Hall–Kier alpha value is -0.820. The summed E-state index contributed by atoms with van der Waals surface area (Å²) in [7, 11) is 2.07. The fourth-order valence-corrected chi connectivity index (χ4v) is 2.80. The molecule has 1 aromatic carbocycles. The van der Waals surface area contributed by atoms with Crippen molar-refractivity contribution in [2.75, 3.05) is 7.05 Å². The van der Waals surface area contributed by atoms with Gasteiger partial charge in [-0.15, -0.1) is 0 Å². The van der Waals surface area contributed by atoms with Crippen LogP contribution in [-0.2, 0) is 0 Å². The number of nitrogens with one attached hydrogen (secondary N) is 1. The molecular weight excluding hydrogens is 206 g/mol. The highest BCUT2D eigenvalue weighted by Gasteiger charge is 2.19. The van der Waals surface area contributed by atoms with Gasteiger partial charge >= 0.3 is 0 Å². The summed E-state index contributed by atoms with van der Waals surface area (Å²) in [4.78, 5) is 0. The molecule has 0 aliphatic heterocycles. The normalized spacial score (nSPS) is 15.0. The van der Waals surface area contributed by atoms with Crippen LogP contribution in [0.5, 0.6) is 0 Å². The Balaban J connectivity index is 2.93. The predicted molar refractivity (Wildman–Crippen MR) is 76.3 cm³/mol. The van der Waals surface area contributed by atoms with Crippen molar-refractivity contribution in [1.29, 1.82) is 0 Å². The van der Waals surface area contributed by atoms with Gasteiger partial charge < -0.3 is 5.32 Å². The van der Waals surface area contributed by atoms with Crippen molar-refractivity contribution in [3.8, 4) is 0 Å². The molecular formula is C16H27N. The van der Waals surface area contributed by atoms with Crippen LogP contribution in [0.1, 0.15) is 49.9 Å². The van der Waals surface area contributed by atoms with E-state index in [2.05, 4.69) is 65.2 Å². The van der Waals surface area contributed by atoms with E-state index in [1.807, 2.05) is 0 Å². The van der Waals surface area contributed by atoms with E-state index in [9.17, 15) is 0 Å². The maximum atomic E-state index is 3.48. The van der Waals surface area contributed by atoms with E-state index in [1.54, 1.807) is 0 Å². The molecule has 17 heavy (non-hydrogen) atoms. The predicted octanol–water partition coefficient (Wildman–Crippen LogP) is 4.25. The van der Waals surface area contributed by atoms with Crippen molar-refractivity contribution >= 4 is 0 Å². The molecule has 0 aliphatic rings. The third-order valence-corrected chi connectivity index (χ3v) is 3.48. The third kappa shape index (κ3) is 3.85. The highest BCUT2D eigenvalue weighted by atomic mass is 14.9. The summed E-state index contributed by atoms with van der Waals surface area (Å²) in [5.41, 5.74) is 4.20. The lowest BCUT2D eigenvalue weighted by Gasteiger charge is -2.27. The summed E-state index contributed by atoms with van der Waals surface area (Å²) in [5.74, 6) is 1.42. The van der Waals surface area contributed by atoms with Gasteiger partial charge in [0.05, 0.1) is 0 Å². The Morgan fingerprint density at radius 2 is 1.76 bits per heavy atom. The Bertz CT molecular complexity index is 355. The van der Waals surface area contributed by atoms with Crippen LogP contribution in [0.25, 0.3) is 0 Å². The minimum Gasteiger partial charge on any atom is -0.313 e. The summed E-state index contributed by atoms with van der Waals surface area (Å²) < 4.78 is 0. The first kappa shape index (κ1) is 14.2. The van der Waals surface area contributed by atoms with E-state index in [0.717, 1.165) is 5.92 Å². The zero-order valence-corrected chi connectivity index (χ0v) is 12.2. The lowest BCUT2D eigenvalue weighted by Crippen LogP contribution is -2.25. The molecule has 1 heteroatoms. The first-order chi connectivity index (χ1) is 7.95. The highest BCUT2D eigenvalue weighted by molar-refractivity contribution is 5.33. The Morgan fingerprint density at radius 1 is 1.12 bits per heavy atom. The molecule has 2 unspecified atom stereocenters. The van der Waals surface area contributed by atoms with Crippen LogP contribution in [0.4, 0.5) is 0 Å². The second-order valence-corrected chi connectivity index (χ2v) is 5.73. The third-order valence-electron chi connectivity index (χ3n) is 3.48. The van der Waals surface area contributed by atoms with Crippen molar-refractivity contribution in [1.82, 2.24) is 5.32 Å². The average Bonchev–Trinajstić information content (AvgIpc) is 2.21. The summed E-state index contributed by atoms with van der Waals surface area (Å²) in [6.45, 7) is 11.3. The molecule has 1 rings (SSSR count). The molecule has 2 atom stereocenters. The number of rotatable bonds is 5. The summed E-state index contributed by atoms with van der Waals surface area (Å²) >= 11 is 0. The molecule has 0 amide bonds. The molecule has 0 fully saturated rings. The first-order valence-corrected chi connectivity index (χ1v) is 6.70. The van der Waals surface area contributed by atoms with Crippen molar-refractivity contribution in [2.24, 2.45) is 11.8 Å². The van der Waals surface area contributed by atoms with Gasteiger partial charge in [0, 0.05) is 6.04 Å². The molecule has 0 spiro atoms. The van der Waals surface area contributed by atoms with Crippen molar-refractivity contribution in [3.05, 3.63) is 34.9 Å². The monoisotopic (exact) mass is 233 g/mol. The zero-order valence-electron chi connectivity index (χ0n) is 12.2. The van der Waals surface area contributed by atoms with E-state index in [-0.39, 0.29) is 0 Å². The van der Waals surface area contributed by atoms with Crippen LogP contribution < -0.4 is 5.32 Å². The molecule has 0 bridgehead atoms. The van der Waals surface area contributed by atoms with E-state index in [4.69, 9.17) is 0 Å². The fraction of sp³-hybridized carbons (Fsp3) is 0.625. The number of hydrogen-bond donors (Lipinski definition) is 1. The van der Waals surface area contributed by atoms with Gasteiger partial charge in [-0.05, 0) is 50.3 Å². The minimum atomic E-state index is 0.470. The molecule has 96 valence electrons. The number of aryl methyl sites for hydroxylation is 2. The topological polar surface area (TPSA) is 12.0 Å². The smallest absolute Gasteiger partial charge is 0.0346 e. The minimum absolute atomic E-state index is 0.470. The van der Waals surface area contributed by atoms with Crippen LogP contribution >= 0.6 is 0 Å². The maximum absolute atomic E-state index is 3.48. The highest BCUT2D eigenvalue weighted by Crippen LogP contribution is 2.29. The lowest BCUT2D eigenvalue weighted by molar-refractivity contribution is 0.342. The number of hydrogen-bond acceptors (Lipinski definition) is 1. The summed E-state index contributed by atoms with van der Waals surface area (Å²) in [5, 5.41) is 3.48. The van der Waals surface area contributed by atoms with Gasteiger partial charge in [0.15, 0.2) is 0 Å². The molecule has 0 saturated heterocycles. The van der Waals surface area contributed by atoms with Gasteiger partial charge in [-0.1, -0.05) is 44.5 Å². The molecule has 0 radical (unpaired) electrons. The van der Waals surface area contributed by atoms with Crippen LogP contribution in [0.2, 0.25) is 0 Å². The molecule has 0 saturated carbocycles. The van der Waals surface area contributed by atoms with Crippen molar-refractivity contribution in [3.63, 3.8) is 0 Å². The SMILES string of the molecule is CNC(c1ccc(C)cc1C)C(C)CC(C)C. The van der Waals surface area contributed by atoms with Gasteiger partial charge in [-0.3, -0.25) is 0 Å². The van der Waals surface area contributed by atoms with Crippen LogP contribution in [-0.4, -0.2) is 7.05 Å². The van der Waals surface area contributed by atoms with E-state index >= 15 is 0 Å². The molecule has 0 aromatic heterocycles. The molecule has 1 N–H and O–H groups in total. The van der Waals surface area contributed by atoms with Gasteiger partial charge in [-0.25, -0.2) is 0 Å². The fourth-order valence-electron chi connectivity index (χ4n) is 2.80. The largest absolute Gasteiger partial charge is 0.313 e. The van der Waals surface area contributed by atoms with Gasteiger partial charge in [0.2, 0.25) is 0 Å². The second-order valence-electron chi connectivity index (χ2n) is 5.73. The summed E-state index contributed by atoms with van der Waals surface area (Å²) in [6.07, 6.45) is 1.26. The maximum Gasteiger partial charge on any atom is 0.0346 e. The van der Waals surface area contributed by atoms with Crippen molar-refractivity contribution in [2.45, 2.75) is 47.1 Å². The van der Waals surface area contributed by atoms with Gasteiger partial charge in [0.1, 0.15) is 0 Å². The molecule has 1 aromatic rings. The van der Waals surface area contributed by atoms with Crippen LogP contribution in [0.15, 0.2) is 18.2 Å². The number of benzene rings is 1. The van der Waals surface area contributed by atoms with E-state index < -0.39 is 0 Å². The quantitative estimate of drug-likeness (QED) is 0.802. The van der Waals surface area contributed by atoms with Crippen molar-refractivity contribution < 1.29 is 0 Å². The molecule has 1 nitrogen and oxygen atoms in total. The van der Waals surface area contributed by atoms with E-state index in [0.29, 0.717) is 12.0 Å². The lowest BCUT2D eigenvalue weighted by atomic mass is 9.86. The Kier molecular flexibility index (Phi) is 5.20. The average molecular weight is 233 g/mol. The van der Waals surface area contributed by atoms with Crippen LogP contribution in [0.3, 0.4) is 0 Å². The standard InChI is InChI=1S/C16H27N/c1-11(2)9-14(5)16(17-6)15-8-7-12(3)10-13(15)4/h7-8,10-11,14,16-17H,9H2,1-6H3. The Morgan fingerprint density at radius 3 is 2.24 bits per heavy atom. The second kappa shape index (κ2) is 6.20. The first-order valence-electron chi connectivity index (χ1n) is 6.70. The Labute approximate surface area is 107 Å². The van der Waals surface area contributed by atoms with Crippen LogP contribution in [0, 0.1) is 25.7 Å². The van der Waals surface area contributed by atoms with E-state index in [1.165, 1.54) is 23.1 Å². The van der Waals surface area contributed by atoms with Gasteiger partial charge in [0.25, 0.3) is 0 Å². The molecule has 0 aliphatic carbocycles.